The van der Waals surface area contributed by atoms with Gasteiger partial charge in [0.15, 0.2) is 5.11 Å². The molecule has 114 valence electrons. The molecular weight excluding hydrogens is 296 g/mol. The van der Waals surface area contributed by atoms with Gasteiger partial charge < -0.3 is 15.4 Å². The Kier molecular flexibility index (Phi) is 5.49. The van der Waals surface area contributed by atoms with Crippen LogP contribution in [0.2, 0.25) is 0 Å². The highest BCUT2D eigenvalue weighted by Crippen LogP contribution is 2.19. The van der Waals surface area contributed by atoms with Crippen molar-refractivity contribution in [3.05, 3.63) is 65.2 Å². The molecular formula is C17H18N2O2S. The smallest absolute Gasteiger partial charge is 0.338 e. The summed E-state index contributed by atoms with van der Waals surface area (Å²) in [5.41, 5.74) is 3.26. The third-order valence-corrected chi connectivity index (χ3v) is 3.53. The van der Waals surface area contributed by atoms with Crippen LogP contribution in [-0.2, 0) is 11.3 Å². The van der Waals surface area contributed by atoms with Crippen molar-refractivity contribution in [3.63, 3.8) is 0 Å². The van der Waals surface area contributed by atoms with Gasteiger partial charge in [-0.3, -0.25) is 0 Å². The van der Waals surface area contributed by atoms with Gasteiger partial charge >= 0.3 is 5.97 Å². The molecule has 2 N–H and O–H groups in total. The summed E-state index contributed by atoms with van der Waals surface area (Å²) < 4.78 is 4.77. The number of esters is 1. The Morgan fingerprint density at radius 2 is 1.86 bits per heavy atom. The highest BCUT2D eigenvalue weighted by atomic mass is 32.1. The summed E-state index contributed by atoms with van der Waals surface area (Å²) >= 11 is 5.29. The average molecular weight is 314 g/mol. The Morgan fingerprint density at radius 3 is 2.55 bits per heavy atom. The van der Waals surface area contributed by atoms with Crippen molar-refractivity contribution in [2.45, 2.75) is 13.5 Å². The molecule has 0 atom stereocenters. The lowest BCUT2D eigenvalue weighted by Crippen LogP contribution is -2.28. The van der Waals surface area contributed by atoms with Gasteiger partial charge in [-0.1, -0.05) is 36.4 Å². The second-order valence-electron chi connectivity index (χ2n) is 4.76. The maximum atomic E-state index is 11.7. The van der Waals surface area contributed by atoms with Gasteiger partial charge in [0.25, 0.3) is 0 Å². The molecule has 0 spiro atoms. The fourth-order valence-electron chi connectivity index (χ4n) is 2.05. The molecule has 22 heavy (non-hydrogen) atoms. The Hall–Kier alpha value is -2.40. The molecule has 0 aliphatic rings. The summed E-state index contributed by atoms with van der Waals surface area (Å²) in [4.78, 5) is 11.7. The van der Waals surface area contributed by atoms with Crippen molar-refractivity contribution in [3.8, 4) is 0 Å². The number of thiocarbonyl (C=S) groups is 1. The first-order valence-corrected chi connectivity index (χ1v) is 7.29. The summed E-state index contributed by atoms with van der Waals surface area (Å²) in [6.45, 7) is 2.50. The minimum absolute atomic E-state index is 0.357. The molecule has 0 aromatic heterocycles. The van der Waals surface area contributed by atoms with Crippen LogP contribution in [0.3, 0.4) is 0 Å². The Morgan fingerprint density at radius 1 is 1.14 bits per heavy atom. The number of carbonyl (C=O) groups excluding carboxylic acids is 1. The molecule has 0 radical (unpaired) electrons. The summed E-state index contributed by atoms with van der Waals surface area (Å²) in [6, 6.07) is 15.4. The van der Waals surface area contributed by atoms with Gasteiger partial charge in [-0.15, -0.1) is 0 Å². The van der Waals surface area contributed by atoms with Gasteiger partial charge in [-0.25, -0.2) is 4.79 Å². The lowest BCUT2D eigenvalue weighted by Gasteiger charge is -2.14. The van der Waals surface area contributed by atoms with Gasteiger partial charge in [0.05, 0.1) is 12.7 Å². The van der Waals surface area contributed by atoms with Gasteiger partial charge in [0.1, 0.15) is 0 Å². The van der Waals surface area contributed by atoms with E-state index in [9.17, 15) is 4.79 Å². The van der Waals surface area contributed by atoms with Crippen LogP contribution >= 0.6 is 12.2 Å². The van der Waals surface area contributed by atoms with Gasteiger partial charge in [0.2, 0.25) is 0 Å². The number of ether oxygens (including phenoxy) is 1. The molecule has 0 heterocycles. The molecule has 0 fully saturated rings. The van der Waals surface area contributed by atoms with E-state index in [1.54, 1.807) is 12.1 Å². The van der Waals surface area contributed by atoms with Gasteiger partial charge in [-0.2, -0.15) is 0 Å². The Labute approximate surface area is 135 Å². The molecule has 0 aliphatic heterocycles. The standard InChI is InChI=1S/C17H18N2O2S/c1-12-14(16(20)21-2)9-6-10-15(12)19-17(22)18-11-13-7-4-3-5-8-13/h3-10H,11H2,1-2H3,(H2,18,19,22). The minimum Gasteiger partial charge on any atom is -0.465 e. The van der Waals surface area contributed by atoms with Crippen LogP contribution in [0, 0.1) is 6.92 Å². The maximum absolute atomic E-state index is 11.7. The highest BCUT2D eigenvalue weighted by Gasteiger charge is 2.12. The summed E-state index contributed by atoms with van der Waals surface area (Å²) in [5, 5.41) is 6.76. The zero-order chi connectivity index (χ0) is 15.9. The molecule has 4 nitrogen and oxygen atoms in total. The van der Waals surface area contributed by atoms with Crippen molar-refractivity contribution in [1.29, 1.82) is 0 Å². The van der Waals surface area contributed by atoms with Crippen LogP contribution in [-0.4, -0.2) is 18.2 Å². The number of rotatable bonds is 4. The monoisotopic (exact) mass is 314 g/mol. The minimum atomic E-state index is -0.357. The van der Waals surface area contributed by atoms with E-state index in [0.29, 0.717) is 17.2 Å². The highest BCUT2D eigenvalue weighted by molar-refractivity contribution is 7.80. The molecule has 2 aromatic carbocycles. The van der Waals surface area contributed by atoms with Crippen molar-refractivity contribution in [2.24, 2.45) is 0 Å². The number of benzene rings is 2. The number of carbonyl (C=O) groups is 1. The molecule has 2 rings (SSSR count). The zero-order valence-corrected chi connectivity index (χ0v) is 13.4. The molecule has 0 amide bonds. The quantitative estimate of drug-likeness (QED) is 0.670. The van der Waals surface area contributed by atoms with Crippen molar-refractivity contribution in [1.82, 2.24) is 5.32 Å². The molecule has 0 bridgehead atoms. The van der Waals surface area contributed by atoms with Crippen LogP contribution in [0.25, 0.3) is 0 Å². The number of hydrogen-bond acceptors (Lipinski definition) is 3. The zero-order valence-electron chi connectivity index (χ0n) is 12.6. The van der Waals surface area contributed by atoms with Crippen molar-refractivity contribution in [2.75, 3.05) is 12.4 Å². The van der Waals surface area contributed by atoms with Gasteiger partial charge in [-0.05, 0) is 42.4 Å². The van der Waals surface area contributed by atoms with Crippen molar-refractivity contribution < 1.29 is 9.53 Å². The van der Waals surface area contributed by atoms with Crippen LogP contribution in [0.1, 0.15) is 21.5 Å². The molecule has 0 saturated carbocycles. The molecule has 0 saturated heterocycles. The van der Waals surface area contributed by atoms with E-state index >= 15 is 0 Å². The molecule has 2 aromatic rings. The van der Waals surface area contributed by atoms with E-state index in [0.717, 1.165) is 16.8 Å². The van der Waals surface area contributed by atoms with Crippen LogP contribution in [0.15, 0.2) is 48.5 Å². The first-order chi connectivity index (χ1) is 10.6. The number of nitrogens with one attached hydrogen (secondary N) is 2. The van der Waals surface area contributed by atoms with E-state index in [-0.39, 0.29) is 5.97 Å². The maximum Gasteiger partial charge on any atom is 0.338 e. The fraction of sp³-hybridized carbons (Fsp3) is 0.176. The summed E-state index contributed by atoms with van der Waals surface area (Å²) in [7, 11) is 1.37. The second kappa shape index (κ2) is 7.56. The molecule has 0 unspecified atom stereocenters. The lowest BCUT2D eigenvalue weighted by atomic mass is 10.1. The predicted molar refractivity (Wildman–Crippen MR) is 92.0 cm³/mol. The first kappa shape index (κ1) is 16.0. The normalized spacial score (nSPS) is 9.91. The largest absolute Gasteiger partial charge is 0.465 e. The second-order valence-corrected chi connectivity index (χ2v) is 5.17. The predicted octanol–water partition coefficient (Wildman–Crippen LogP) is 3.27. The first-order valence-electron chi connectivity index (χ1n) is 6.88. The molecule has 5 heteroatoms. The number of methoxy groups -OCH3 is 1. The summed E-state index contributed by atoms with van der Waals surface area (Å²) in [6.07, 6.45) is 0. The van der Waals surface area contributed by atoms with E-state index in [2.05, 4.69) is 10.6 Å². The van der Waals surface area contributed by atoms with Crippen LogP contribution < -0.4 is 10.6 Å². The SMILES string of the molecule is COC(=O)c1cccc(NC(=S)NCc2ccccc2)c1C. The lowest BCUT2D eigenvalue weighted by molar-refractivity contribution is 0.0600. The van der Waals surface area contributed by atoms with Gasteiger partial charge in [0, 0.05) is 12.2 Å². The summed E-state index contributed by atoms with van der Waals surface area (Å²) in [5.74, 6) is -0.357. The molecule has 0 aliphatic carbocycles. The van der Waals surface area contributed by atoms with Crippen LogP contribution in [0.5, 0.6) is 0 Å². The van der Waals surface area contributed by atoms with E-state index in [1.807, 2.05) is 43.3 Å². The Balaban J connectivity index is 2.01. The van der Waals surface area contributed by atoms with E-state index < -0.39 is 0 Å². The van der Waals surface area contributed by atoms with E-state index in [1.165, 1.54) is 7.11 Å². The third kappa shape index (κ3) is 4.05. The Bertz CT molecular complexity index is 672. The van der Waals surface area contributed by atoms with E-state index in [4.69, 9.17) is 17.0 Å². The number of hydrogen-bond donors (Lipinski definition) is 2. The number of anilines is 1. The average Bonchev–Trinajstić information content (AvgIpc) is 2.55. The third-order valence-electron chi connectivity index (χ3n) is 3.28. The fourth-order valence-corrected chi connectivity index (χ4v) is 2.23. The van der Waals surface area contributed by atoms with Crippen molar-refractivity contribution >= 4 is 29.0 Å². The van der Waals surface area contributed by atoms with Crippen LogP contribution in [0.4, 0.5) is 5.69 Å². The topological polar surface area (TPSA) is 50.4 Å².